The molecule has 29 heavy (non-hydrogen) atoms. The molecule has 1 amide bonds. The van der Waals surface area contributed by atoms with Gasteiger partial charge in [0.25, 0.3) is 5.91 Å². The van der Waals surface area contributed by atoms with Crippen molar-refractivity contribution in [3.8, 4) is 5.82 Å². The summed E-state index contributed by atoms with van der Waals surface area (Å²) in [5.41, 5.74) is 4.50. The van der Waals surface area contributed by atoms with Gasteiger partial charge in [-0.3, -0.25) is 14.6 Å². The fraction of sp³-hybridized carbons (Fsp3) is 0.238. The van der Waals surface area contributed by atoms with Crippen molar-refractivity contribution in [2.45, 2.75) is 27.2 Å². The van der Waals surface area contributed by atoms with Crippen molar-refractivity contribution in [3.05, 3.63) is 71.4 Å². The fourth-order valence-corrected chi connectivity index (χ4v) is 3.50. The number of aromatic nitrogens is 4. The second-order valence-corrected chi connectivity index (χ2v) is 7.54. The third-order valence-electron chi connectivity index (χ3n) is 4.91. The minimum absolute atomic E-state index is 0.234. The molecule has 4 rings (SSSR count). The summed E-state index contributed by atoms with van der Waals surface area (Å²) in [4.78, 5) is 33.9. The summed E-state index contributed by atoms with van der Waals surface area (Å²) < 4.78 is 1.72. The lowest BCUT2D eigenvalue weighted by molar-refractivity contribution is 0.0953. The van der Waals surface area contributed by atoms with E-state index in [2.05, 4.69) is 25.6 Å². The van der Waals surface area contributed by atoms with Crippen LogP contribution in [0.5, 0.6) is 0 Å². The highest BCUT2D eigenvalue weighted by molar-refractivity contribution is 6.49. The lowest BCUT2D eigenvalue weighted by atomic mass is 9.74. The molecule has 0 aliphatic heterocycles. The van der Waals surface area contributed by atoms with Crippen LogP contribution in [0.15, 0.2) is 54.0 Å². The summed E-state index contributed by atoms with van der Waals surface area (Å²) in [6.45, 7) is 5.64. The summed E-state index contributed by atoms with van der Waals surface area (Å²) in [7, 11) is 0. The quantitative estimate of drug-likeness (QED) is 0.695. The topological polar surface area (TPSA) is 102 Å². The first-order valence-electron chi connectivity index (χ1n) is 9.21. The average molecular weight is 388 g/mol. The van der Waals surface area contributed by atoms with Crippen molar-refractivity contribution < 1.29 is 9.59 Å². The SMILES string of the molecule is Cc1nn(-c2ccccn2)c2c1C(=O)/C(=N/NC(=O)c1cccnc1)C(C)(C)C2. The molecule has 0 fully saturated rings. The van der Waals surface area contributed by atoms with E-state index in [9.17, 15) is 9.59 Å². The Hall–Kier alpha value is -3.68. The van der Waals surface area contributed by atoms with E-state index in [-0.39, 0.29) is 5.78 Å². The van der Waals surface area contributed by atoms with Gasteiger partial charge in [-0.05, 0) is 31.2 Å². The summed E-state index contributed by atoms with van der Waals surface area (Å²) in [5, 5.41) is 8.74. The number of aryl methyl sites for hydroxylation is 1. The zero-order valence-corrected chi connectivity index (χ0v) is 16.4. The van der Waals surface area contributed by atoms with Crippen LogP contribution in [-0.2, 0) is 6.42 Å². The Bertz CT molecular complexity index is 1120. The minimum atomic E-state index is -0.592. The molecule has 0 spiro atoms. The van der Waals surface area contributed by atoms with E-state index in [1.807, 2.05) is 32.0 Å². The molecule has 0 aromatic carbocycles. The molecule has 1 aliphatic carbocycles. The zero-order chi connectivity index (χ0) is 20.6. The Balaban J connectivity index is 1.71. The molecule has 0 saturated heterocycles. The van der Waals surface area contributed by atoms with Crippen molar-refractivity contribution in [2.75, 3.05) is 0 Å². The molecule has 0 atom stereocenters. The van der Waals surface area contributed by atoms with E-state index in [0.717, 1.165) is 5.69 Å². The van der Waals surface area contributed by atoms with Crippen LogP contribution in [0.3, 0.4) is 0 Å². The molecule has 0 radical (unpaired) electrons. The number of nitrogens with one attached hydrogen (secondary N) is 1. The Morgan fingerprint density at radius 2 is 2.03 bits per heavy atom. The predicted molar refractivity (Wildman–Crippen MR) is 107 cm³/mol. The summed E-state index contributed by atoms with van der Waals surface area (Å²) in [6, 6.07) is 8.86. The predicted octanol–water partition coefficient (Wildman–Crippen LogP) is 2.52. The van der Waals surface area contributed by atoms with Gasteiger partial charge < -0.3 is 0 Å². The lowest BCUT2D eigenvalue weighted by Crippen LogP contribution is -2.41. The Morgan fingerprint density at radius 1 is 1.21 bits per heavy atom. The molecule has 8 heteroatoms. The van der Waals surface area contributed by atoms with Crippen LogP contribution >= 0.6 is 0 Å². The van der Waals surface area contributed by atoms with Crippen molar-refractivity contribution in [1.82, 2.24) is 25.2 Å². The maximum absolute atomic E-state index is 13.3. The van der Waals surface area contributed by atoms with Gasteiger partial charge in [0.05, 0.1) is 22.5 Å². The number of rotatable bonds is 3. The van der Waals surface area contributed by atoms with Gasteiger partial charge >= 0.3 is 0 Å². The highest BCUT2D eigenvalue weighted by Gasteiger charge is 2.42. The number of hydrogen-bond donors (Lipinski definition) is 1. The summed E-state index contributed by atoms with van der Waals surface area (Å²) >= 11 is 0. The molecule has 0 unspecified atom stereocenters. The first kappa shape index (κ1) is 18.7. The first-order chi connectivity index (χ1) is 13.9. The third-order valence-corrected chi connectivity index (χ3v) is 4.91. The van der Waals surface area contributed by atoms with Crippen LogP contribution in [0.4, 0.5) is 0 Å². The second-order valence-electron chi connectivity index (χ2n) is 7.54. The molecule has 1 N–H and O–H groups in total. The van der Waals surface area contributed by atoms with Crippen molar-refractivity contribution in [3.63, 3.8) is 0 Å². The van der Waals surface area contributed by atoms with Crippen LogP contribution < -0.4 is 5.43 Å². The molecule has 3 aromatic rings. The average Bonchev–Trinajstić information content (AvgIpc) is 3.04. The van der Waals surface area contributed by atoms with Gasteiger partial charge in [0.2, 0.25) is 5.78 Å². The van der Waals surface area contributed by atoms with Gasteiger partial charge in [-0.2, -0.15) is 10.2 Å². The van der Waals surface area contributed by atoms with Gasteiger partial charge in [0.1, 0.15) is 5.71 Å². The summed E-state index contributed by atoms with van der Waals surface area (Å²) in [5.74, 6) is 0.00837. The van der Waals surface area contributed by atoms with E-state index in [1.54, 1.807) is 36.1 Å². The lowest BCUT2D eigenvalue weighted by Gasteiger charge is -2.30. The number of amides is 1. The summed E-state index contributed by atoms with van der Waals surface area (Å²) in [6.07, 6.45) is 5.25. The van der Waals surface area contributed by atoms with Crippen molar-refractivity contribution in [2.24, 2.45) is 10.5 Å². The van der Waals surface area contributed by atoms with E-state index >= 15 is 0 Å². The maximum Gasteiger partial charge on any atom is 0.272 e. The molecule has 3 heterocycles. The normalized spacial score (nSPS) is 16.5. The molecule has 3 aromatic heterocycles. The number of hydrogen-bond acceptors (Lipinski definition) is 6. The van der Waals surface area contributed by atoms with Crippen molar-refractivity contribution in [1.29, 1.82) is 0 Å². The molecular weight excluding hydrogens is 368 g/mol. The van der Waals surface area contributed by atoms with Crippen LogP contribution in [0, 0.1) is 12.3 Å². The maximum atomic E-state index is 13.3. The van der Waals surface area contributed by atoms with Crippen LogP contribution in [0.1, 0.15) is 46.0 Å². The van der Waals surface area contributed by atoms with E-state index in [0.29, 0.717) is 34.8 Å². The number of fused-ring (bicyclic) bond motifs is 1. The molecule has 0 saturated carbocycles. The van der Waals surface area contributed by atoms with Crippen LogP contribution in [0.25, 0.3) is 5.82 Å². The van der Waals surface area contributed by atoms with Crippen molar-refractivity contribution >= 4 is 17.4 Å². The highest BCUT2D eigenvalue weighted by atomic mass is 16.2. The fourth-order valence-electron chi connectivity index (χ4n) is 3.50. The molecule has 0 bridgehead atoms. The third kappa shape index (κ3) is 3.33. The number of Topliss-reactive ketones (excluding diaryl/α,β-unsaturated/α-hetero) is 1. The molecule has 146 valence electrons. The molecule has 1 aliphatic rings. The van der Waals surface area contributed by atoms with E-state index in [4.69, 9.17) is 0 Å². The Morgan fingerprint density at radius 3 is 2.72 bits per heavy atom. The molecule has 8 nitrogen and oxygen atoms in total. The number of ketones is 1. The number of hydrazone groups is 1. The number of carbonyl (C=O) groups is 2. The molecular formula is C21H20N6O2. The van der Waals surface area contributed by atoms with Gasteiger partial charge in [-0.25, -0.2) is 15.1 Å². The Labute approximate surface area is 167 Å². The van der Waals surface area contributed by atoms with Gasteiger partial charge in [0, 0.05) is 30.4 Å². The van der Waals surface area contributed by atoms with Gasteiger partial charge in [-0.1, -0.05) is 19.9 Å². The number of pyridine rings is 2. The standard InChI is InChI=1S/C21H20N6O2/c1-13-17-15(27(26-13)16-8-4-5-10-23-16)11-21(2,3)19(18(17)28)24-25-20(29)14-7-6-9-22-12-14/h4-10,12H,11H2,1-3H3,(H,25,29)/b24-19-. The second kappa shape index (κ2) is 7.05. The monoisotopic (exact) mass is 388 g/mol. The zero-order valence-electron chi connectivity index (χ0n) is 16.4. The van der Waals surface area contributed by atoms with Gasteiger partial charge in [0.15, 0.2) is 5.82 Å². The smallest absolute Gasteiger partial charge is 0.272 e. The van der Waals surface area contributed by atoms with E-state index < -0.39 is 11.3 Å². The first-order valence-corrected chi connectivity index (χ1v) is 9.21. The number of nitrogens with zero attached hydrogens (tertiary/aromatic N) is 5. The largest absolute Gasteiger partial charge is 0.287 e. The Kier molecular flexibility index (Phi) is 4.54. The van der Waals surface area contributed by atoms with Crippen LogP contribution in [-0.4, -0.2) is 37.2 Å². The minimum Gasteiger partial charge on any atom is -0.287 e. The van der Waals surface area contributed by atoms with E-state index in [1.165, 1.54) is 6.20 Å². The highest BCUT2D eigenvalue weighted by Crippen LogP contribution is 2.35. The van der Waals surface area contributed by atoms with Gasteiger partial charge in [-0.15, -0.1) is 0 Å². The van der Waals surface area contributed by atoms with Crippen LogP contribution in [0.2, 0.25) is 0 Å². The number of carbonyl (C=O) groups excluding carboxylic acids is 2.